The molecule has 0 bridgehead atoms. The average Bonchev–Trinajstić information content (AvgIpc) is 2.78. The van der Waals surface area contributed by atoms with Crippen molar-refractivity contribution in [2.24, 2.45) is 0 Å². The van der Waals surface area contributed by atoms with E-state index in [0.29, 0.717) is 6.42 Å². The zero-order chi connectivity index (χ0) is 24.4. The zero-order valence-electron chi connectivity index (χ0n) is 19.2. The van der Waals surface area contributed by atoms with E-state index in [-0.39, 0.29) is 50.0 Å². The molecule has 8 nitrogen and oxygen atoms in total. The number of ketones is 1. The molecule has 2 aromatic rings. The van der Waals surface area contributed by atoms with Gasteiger partial charge in [0.25, 0.3) is 0 Å². The number of carbonyl (C=O) groups is 3. The highest BCUT2D eigenvalue weighted by Gasteiger charge is 2.30. The minimum atomic E-state index is -0.751. The lowest BCUT2D eigenvalue weighted by atomic mass is 9.72. The van der Waals surface area contributed by atoms with Crippen LogP contribution < -0.4 is 0 Å². The van der Waals surface area contributed by atoms with Crippen LogP contribution in [0.5, 0.6) is 11.5 Å². The van der Waals surface area contributed by atoms with Crippen LogP contribution in [-0.4, -0.2) is 59.3 Å². The second-order valence-corrected chi connectivity index (χ2v) is 7.82. The molecule has 0 aliphatic carbocycles. The van der Waals surface area contributed by atoms with Gasteiger partial charge >= 0.3 is 12.1 Å². The summed E-state index contributed by atoms with van der Waals surface area (Å²) in [5, 5.41) is 19.4. The molecule has 2 N–H and O–H groups in total. The number of phenolic OH excluding ortho intramolecular Hbond substituents is 2. The molecule has 0 aliphatic rings. The highest BCUT2D eigenvalue weighted by atomic mass is 16.6. The van der Waals surface area contributed by atoms with Crippen molar-refractivity contribution in [1.82, 2.24) is 4.90 Å². The lowest BCUT2D eigenvalue weighted by molar-refractivity contribution is -0.144. The molecule has 8 heteroatoms. The zero-order valence-corrected chi connectivity index (χ0v) is 19.2. The maximum absolute atomic E-state index is 12.8. The van der Waals surface area contributed by atoms with Gasteiger partial charge in [-0.2, -0.15) is 0 Å². The van der Waals surface area contributed by atoms with Gasteiger partial charge in [0.15, 0.2) is 5.78 Å². The number of ether oxygens (including phenoxy) is 2. The summed E-state index contributed by atoms with van der Waals surface area (Å²) in [6.07, 6.45) is -0.229. The van der Waals surface area contributed by atoms with Gasteiger partial charge in [0.1, 0.15) is 18.0 Å². The molecule has 0 fully saturated rings. The highest BCUT2D eigenvalue weighted by Crippen LogP contribution is 2.37. The third-order valence-corrected chi connectivity index (χ3v) is 5.43. The SMILES string of the molecule is CCOC(=O)CN(CC(=O)CCC(C)(c1ccc(O)cc1)c1ccc(O)cc1)C(=O)OCC. The van der Waals surface area contributed by atoms with E-state index in [0.717, 1.165) is 16.0 Å². The fourth-order valence-corrected chi connectivity index (χ4v) is 3.56. The predicted molar refractivity (Wildman–Crippen MR) is 122 cm³/mol. The Bertz CT molecular complexity index is 893. The Labute approximate surface area is 193 Å². The summed E-state index contributed by atoms with van der Waals surface area (Å²) in [6.45, 7) is 4.91. The van der Waals surface area contributed by atoms with Crippen LogP contribution in [0.1, 0.15) is 44.7 Å². The molecule has 0 unspecified atom stereocenters. The van der Waals surface area contributed by atoms with Gasteiger partial charge in [-0.25, -0.2) is 4.79 Å². The van der Waals surface area contributed by atoms with E-state index in [1.807, 2.05) is 6.92 Å². The number of nitrogens with zero attached hydrogens (tertiary/aromatic N) is 1. The Hall–Kier alpha value is -3.55. The van der Waals surface area contributed by atoms with Crippen molar-refractivity contribution in [1.29, 1.82) is 0 Å². The summed E-state index contributed by atoms with van der Waals surface area (Å²) < 4.78 is 9.86. The van der Waals surface area contributed by atoms with Gasteiger partial charge in [-0.05, 0) is 55.7 Å². The smallest absolute Gasteiger partial charge is 0.410 e. The summed E-state index contributed by atoms with van der Waals surface area (Å²) in [5.74, 6) is -0.591. The number of amides is 1. The standard InChI is InChI=1S/C25H31NO7/c1-4-32-23(30)17-26(24(31)33-5-2)16-22(29)14-15-25(3,18-6-10-20(27)11-7-18)19-8-12-21(28)13-9-19/h6-13,27-28H,4-5,14-17H2,1-3H3. The first-order valence-corrected chi connectivity index (χ1v) is 10.9. The van der Waals surface area contributed by atoms with Crippen molar-refractivity contribution < 1.29 is 34.1 Å². The normalized spacial score (nSPS) is 11.0. The third kappa shape index (κ3) is 7.24. The fourth-order valence-electron chi connectivity index (χ4n) is 3.56. The van der Waals surface area contributed by atoms with E-state index in [9.17, 15) is 24.6 Å². The molecule has 0 saturated carbocycles. The van der Waals surface area contributed by atoms with Crippen LogP contribution in [0, 0.1) is 0 Å². The molecule has 0 atom stereocenters. The summed E-state index contributed by atoms with van der Waals surface area (Å²) >= 11 is 0. The molecule has 178 valence electrons. The maximum Gasteiger partial charge on any atom is 0.410 e. The summed E-state index contributed by atoms with van der Waals surface area (Å²) in [5.41, 5.74) is 1.16. The van der Waals surface area contributed by atoms with E-state index in [1.165, 1.54) is 0 Å². The number of phenols is 2. The average molecular weight is 458 g/mol. The van der Waals surface area contributed by atoms with Crippen molar-refractivity contribution in [2.45, 2.75) is 39.0 Å². The Kier molecular flexibility index (Phi) is 9.27. The van der Waals surface area contributed by atoms with Crippen LogP contribution in [0.25, 0.3) is 0 Å². The molecule has 2 aromatic carbocycles. The number of esters is 1. The molecule has 1 amide bonds. The number of carbonyl (C=O) groups excluding carboxylic acids is 3. The van der Waals surface area contributed by atoms with Crippen molar-refractivity contribution in [2.75, 3.05) is 26.3 Å². The van der Waals surface area contributed by atoms with E-state index < -0.39 is 17.5 Å². The Morgan fingerprint density at radius 2 is 1.30 bits per heavy atom. The maximum atomic E-state index is 12.8. The second kappa shape index (κ2) is 11.9. The van der Waals surface area contributed by atoms with Gasteiger partial charge in [-0.3, -0.25) is 14.5 Å². The van der Waals surface area contributed by atoms with Crippen LogP contribution in [0.4, 0.5) is 4.79 Å². The van der Waals surface area contributed by atoms with Crippen molar-refractivity contribution in [3.63, 3.8) is 0 Å². The minimum absolute atomic E-state index is 0.117. The summed E-state index contributed by atoms with van der Waals surface area (Å²) in [7, 11) is 0. The molecule has 2 rings (SSSR count). The molecule has 0 saturated heterocycles. The molecular weight excluding hydrogens is 426 g/mol. The summed E-state index contributed by atoms with van der Waals surface area (Å²) in [4.78, 5) is 38.0. The predicted octanol–water partition coefficient (Wildman–Crippen LogP) is 3.77. The lowest BCUT2D eigenvalue weighted by Crippen LogP contribution is -2.40. The van der Waals surface area contributed by atoms with E-state index >= 15 is 0 Å². The number of rotatable bonds is 11. The first kappa shape index (κ1) is 25.7. The number of hydrogen-bond acceptors (Lipinski definition) is 7. The van der Waals surface area contributed by atoms with Crippen LogP contribution in [0.2, 0.25) is 0 Å². The number of aromatic hydroxyl groups is 2. The van der Waals surface area contributed by atoms with Crippen LogP contribution in [0.15, 0.2) is 48.5 Å². The topological polar surface area (TPSA) is 113 Å². The van der Waals surface area contributed by atoms with Crippen LogP contribution in [-0.2, 0) is 24.5 Å². The molecule has 0 spiro atoms. The Morgan fingerprint density at radius 3 is 1.76 bits per heavy atom. The molecule has 0 radical (unpaired) electrons. The minimum Gasteiger partial charge on any atom is -0.508 e. The Balaban J connectivity index is 2.20. The van der Waals surface area contributed by atoms with Gasteiger partial charge in [0, 0.05) is 11.8 Å². The van der Waals surface area contributed by atoms with Gasteiger partial charge in [-0.15, -0.1) is 0 Å². The van der Waals surface area contributed by atoms with E-state index in [2.05, 4.69) is 0 Å². The molecule has 0 aromatic heterocycles. The largest absolute Gasteiger partial charge is 0.508 e. The number of hydrogen-bond donors (Lipinski definition) is 2. The van der Waals surface area contributed by atoms with Crippen molar-refractivity contribution in [3.05, 3.63) is 59.7 Å². The molecular formula is C25H31NO7. The molecule has 0 aliphatic heterocycles. The fraction of sp³-hybridized carbons (Fsp3) is 0.400. The monoisotopic (exact) mass is 457 g/mol. The van der Waals surface area contributed by atoms with Crippen molar-refractivity contribution in [3.8, 4) is 11.5 Å². The van der Waals surface area contributed by atoms with E-state index in [4.69, 9.17) is 9.47 Å². The first-order valence-electron chi connectivity index (χ1n) is 10.9. The Morgan fingerprint density at radius 1 is 0.818 bits per heavy atom. The van der Waals surface area contributed by atoms with Crippen molar-refractivity contribution >= 4 is 17.8 Å². The van der Waals surface area contributed by atoms with Gasteiger partial charge < -0.3 is 19.7 Å². The molecule has 33 heavy (non-hydrogen) atoms. The van der Waals surface area contributed by atoms with E-state index in [1.54, 1.807) is 62.4 Å². The lowest BCUT2D eigenvalue weighted by Gasteiger charge is -2.31. The summed E-state index contributed by atoms with van der Waals surface area (Å²) in [6, 6.07) is 13.5. The van der Waals surface area contributed by atoms with Gasteiger partial charge in [0.05, 0.1) is 19.8 Å². The number of benzene rings is 2. The van der Waals surface area contributed by atoms with Gasteiger partial charge in [0.2, 0.25) is 0 Å². The van der Waals surface area contributed by atoms with Gasteiger partial charge in [-0.1, -0.05) is 31.2 Å². The quantitative estimate of drug-likeness (QED) is 0.494. The second-order valence-electron chi connectivity index (χ2n) is 7.82. The van der Waals surface area contributed by atoms with Crippen LogP contribution in [0.3, 0.4) is 0 Å². The van der Waals surface area contributed by atoms with Crippen LogP contribution >= 0.6 is 0 Å². The number of Topliss-reactive ketones (excluding diaryl/α,β-unsaturated/α-hetero) is 1. The third-order valence-electron chi connectivity index (χ3n) is 5.43. The highest BCUT2D eigenvalue weighted by molar-refractivity contribution is 5.86. The first-order chi connectivity index (χ1) is 15.7. The molecule has 0 heterocycles.